The predicted octanol–water partition coefficient (Wildman–Crippen LogP) is 1.66. The number of rotatable bonds is 5. The quantitative estimate of drug-likeness (QED) is 0.663. The second-order valence-electron chi connectivity index (χ2n) is 4.65. The van der Waals surface area contributed by atoms with Gasteiger partial charge in [-0.05, 0) is 30.5 Å². The molecule has 1 aromatic rings. The Hall–Kier alpha value is -1.99. The van der Waals surface area contributed by atoms with Crippen molar-refractivity contribution in [2.45, 2.75) is 18.3 Å². The van der Waals surface area contributed by atoms with Crippen molar-refractivity contribution in [1.29, 1.82) is 0 Å². The van der Waals surface area contributed by atoms with Crippen LogP contribution < -0.4 is 5.32 Å². The van der Waals surface area contributed by atoms with E-state index in [1.54, 1.807) is 12.1 Å². The van der Waals surface area contributed by atoms with Crippen LogP contribution in [0.4, 0.5) is 0 Å². The van der Waals surface area contributed by atoms with Crippen molar-refractivity contribution in [3.63, 3.8) is 0 Å². The molecule has 0 radical (unpaired) electrons. The standard InChI is InChI=1S/C15H14ClNO3/c1-2-9-17-13(18)10-20-14(19)15(7-8-15)11-3-5-12(16)6-4-11/h1,3-6H,7-10H2,(H,17,18). The van der Waals surface area contributed by atoms with Gasteiger partial charge < -0.3 is 10.1 Å². The highest BCUT2D eigenvalue weighted by Crippen LogP contribution is 2.49. The molecule has 0 bridgehead atoms. The second-order valence-corrected chi connectivity index (χ2v) is 5.08. The fourth-order valence-electron chi connectivity index (χ4n) is 1.97. The molecule has 0 aromatic heterocycles. The minimum atomic E-state index is -0.614. The van der Waals surface area contributed by atoms with Crippen molar-refractivity contribution in [2.24, 2.45) is 0 Å². The lowest BCUT2D eigenvalue weighted by Gasteiger charge is -2.14. The molecule has 0 atom stereocenters. The maximum Gasteiger partial charge on any atom is 0.317 e. The van der Waals surface area contributed by atoms with E-state index in [1.165, 1.54) is 0 Å². The number of carbonyl (C=O) groups excluding carboxylic acids is 2. The molecule has 1 aromatic carbocycles. The van der Waals surface area contributed by atoms with Crippen LogP contribution in [0.1, 0.15) is 18.4 Å². The van der Waals surface area contributed by atoms with E-state index in [1.807, 2.05) is 12.1 Å². The van der Waals surface area contributed by atoms with Gasteiger partial charge in [-0.2, -0.15) is 0 Å². The van der Waals surface area contributed by atoms with Gasteiger partial charge in [0.25, 0.3) is 5.91 Å². The first-order valence-electron chi connectivity index (χ1n) is 6.22. The summed E-state index contributed by atoms with van der Waals surface area (Å²) in [4.78, 5) is 23.4. The van der Waals surface area contributed by atoms with E-state index in [0.29, 0.717) is 5.02 Å². The molecular formula is C15H14ClNO3. The molecule has 4 nitrogen and oxygen atoms in total. The van der Waals surface area contributed by atoms with Crippen LogP contribution in [0.3, 0.4) is 0 Å². The number of ether oxygens (including phenoxy) is 1. The van der Waals surface area contributed by atoms with E-state index < -0.39 is 11.3 Å². The first-order valence-corrected chi connectivity index (χ1v) is 6.60. The molecular weight excluding hydrogens is 278 g/mol. The molecule has 0 heterocycles. The van der Waals surface area contributed by atoms with Crippen LogP contribution in [0.2, 0.25) is 5.02 Å². The zero-order valence-corrected chi connectivity index (χ0v) is 11.6. The lowest BCUT2D eigenvalue weighted by molar-refractivity contribution is -0.151. The van der Waals surface area contributed by atoms with Crippen LogP contribution in [0.5, 0.6) is 0 Å². The smallest absolute Gasteiger partial charge is 0.317 e. The molecule has 104 valence electrons. The fraction of sp³-hybridized carbons (Fsp3) is 0.333. The van der Waals surface area contributed by atoms with Crippen molar-refractivity contribution in [3.8, 4) is 12.3 Å². The maximum absolute atomic E-state index is 12.1. The summed E-state index contributed by atoms with van der Waals surface area (Å²) in [7, 11) is 0. The van der Waals surface area contributed by atoms with Gasteiger partial charge in [-0.25, -0.2) is 0 Å². The molecule has 1 N–H and O–H groups in total. The Morgan fingerprint density at radius 2 is 2.00 bits per heavy atom. The van der Waals surface area contributed by atoms with Crippen molar-refractivity contribution >= 4 is 23.5 Å². The van der Waals surface area contributed by atoms with Gasteiger partial charge in [-0.3, -0.25) is 9.59 Å². The molecule has 1 aliphatic rings. The van der Waals surface area contributed by atoms with Gasteiger partial charge in [0, 0.05) is 5.02 Å². The second kappa shape index (κ2) is 5.98. The van der Waals surface area contributed by atoms with Gasteiger partial charge in [0.05, 0.1) is 12.0 Å². The predicted molar refractivity (Wildman–Crippen MR) is 75.2 cm³/mol. The maximum atomic E-state index is 12.1. The van der Waals surface area contributed by atoms with E-state index in [0.717, 1.165) is 18.4 Å². The van der Waals surface area contributed by atoms with Crippen LogP contribution in [0.15, 0.2) is 24.3 Å². The lowest BCUT2D eigenvalue weighted by Crippen LogP contribution is -2.32. The van der Waals surface area contributed by atoms with E-state index in [-0.39, 0.29) is 19.1 Å². The summed E-state index contributed by atoms with van der Waals surface area (Å²) < 4.78 is 5.06. The highest BCUT2D eigenvalue weighted by molar-refractivity contribution is 6.30. The van der Waals surface area contributed by atoms with Gasteiger partial charge in [0.2, 0.25) is 0 Å². The lowest BCUT2D eigenvalue weighted by atomic mass is 9.96. The molecule has 0 saturated heterocycles. The van der Waals surface area contributed by atoms with Crippen molar-refractivity contribution in [2.75, 3.05) is 13.2 Å². The number of terminal acetylenes is 1. The molecule has 0 unspecified atom stereocenters. The number of amides is 1. The van der Waals surface area contributed by atoms with E-state index in [9.17, 15) is 9.59 Å². The Bertz CT molecular complexity index is 555. The summed E-state index contributed by atoms with van der Waals surface area (Å²) >= 11 is 5.83. The number of esters is 1. The minimum Gasteiger partial charge on any atom is -0.455 e. The molecule has 1 amide bonds. The van der Waals surface area contributed by atoms with Crippen LogP contribution in [-0.2, 0) is 19.7 Å². The third-order valence-corrected chi connectivity index (χ3v) is 3.51. The average molecular weight is 292 g/mol. The normalized spacial score (nSPS) is 15.0. The van der Waals surface area contributed by atoms with Crippen molar-refractivity contribution in [1.82, 2.24) is 5.32 Å². The van der Waals surface area contributed by atoms with Crippen molar-refractivity contribution < 1.29 is 14.3 Å². The van der Waals surface area contributed by atoms with Gasteiger partial charge in [0.15, 0.2) is 6.61 Å². The summed E-state index contributed by atoms with van der Waals surface area (Å²) in [5, 5.41) is 3.05. The topological polar surface area (TPSA) is 55.4 Å². The summed E-state index contributed by atoms with van der Waals surface area (Å²) in [5.41, 5.74) is 0.257. The van der Waals surface area contributed by atoms with Crippen LogP contribution in [0.25, 0.3) is 0 Å². The zero-order valence-electron chi connectivity index (χ0n) is 10.8. The fourth-order valence-corrected chi connectivity index (χ4v) is 2.10. The summed E-state index contributed by atoms with van der Waals surface area (Å²) in [6, 6.07) is 7.11. The number of carbonyl (C=O) groups is 2. The number of halogens is 1. The third-order valence-electron chi connectivity index (χ3n) is 3.26. The first-order chi connectivity index (χ1) is 9.58. The SMILES string of the molecule is C#CCNC(=O)COC(=O)C1(c2ccc(Cl)cc2)CC1. The molecule has 20 heavy (non-hydrogen) atoms. The molecule has 0 spiro atoms. The first kappa shape index (κ1) is 14.4. The largest absolute Gasteiger partial charge is 0.455 e. The van der Waals surface area contributed by atoms with E-state index in [4.69, 9.17) is 22.8 Å². The Morgan fingerprint density at radius 3 is 2.55 bits per heavy atom. The summed E-state index contributed by atoms with van der Waals surface area (Å²) in [6.07, 6.45) is 6.46. The molecule has 2 rings (SSSR count). The van der Waals surface area contributed by atoms with Gasteiger partial charge in [0.1, 0.15) is 0 Å². The Labute approximate surface area is 122 Å². The average Bonchev–Trinajstić information content (AvgIpc) is 3.25. The number of hydrogen-bond acceptors (Lipinski definition) is 3. The molecule has 1 saturated carbocycles. The third kappa shape index (κ3) is 3.12. The summed E-state index contributed by atoms with van der Waals surface area (Å²) in [5.74, 6) is 1.50. The van der Waals surface area contributed by atoms with Gasteiger partial charge in [-0.15, -0.1) is 6.42 Å². The van der Waals surface area contributed by atoms with Gasteiger partial charge in [-0.1, -0.05) is 29.7 Å². The number of hydrogen-bond donors (Lipinski definition) is 1. The highest BCUT2D eigenvalue weighted by atomic mass is 35.5. The molecule has 1 aliphatic carbocycles. The van der Waals surface area contributed by atoms with Crippen LogP contribution >= 0.6 is 11.6 Å². The highest BCUT2D eigenvalue weighted by Gasteiger charge is 2.52. The molecule has 0 aliphatic heterocycles. The Balaban J connectivity index is 1.94. The van der Waals surface area contributed by atoms with Crippen LogP contribution in [-0.4, -0.2) is 25.0 Å². The Kier molecular flexibility index (Phi) is 4.31. The van der Waals surface area contributed by atoms with E-state index >= 15 is 0 Å². The van der Waals surface area contributed by atoms with Crippen LogP contribution in [0, 0.1) is 12.3 Å². The van der Waals surface area contributed by atoms with Gasteiger partial charge >= 0.3 is 5.97 Å². The molecule has 1 fully saturated rings. The summed E-state index contributed by atoms with van der Waals surface area (Å²) in [6.45, 7) is -0.186. The van der Waals surface area contributed by atoms with E-state index in [2.05, 4.69) is 11.2 Å². The minimum absolute atomic E-state index is 0.124. The zero-order chi connectivity index (χ0) is 14.6. The number of nitrogens with one attached hydrogen (secondary N) is 1. The van der Waals surface area contributed by atoms with Crippen molar-refractivity contribution in [3.05, 3.63) is 34.9 Å². The number of benzene rings is 1. The monoisotopic (exact) mass is 291 g/mol. The molecule has 5 heteroatoms. The Morgan fingerprint density at radius 1 is 1.35 bits per heavy atom.